The maximum atomic E-state index is 5.89. The van der Waals surface area contributed by atoms with E-state index in [1.54, 1.807) is 12.4 Å². The van der Waals surface area contributed by atoms with Gasteiger partial charge in [-0.25, -0.2) is 0 Å². The van der Waals surface area contributed by atoms with Crippen molar-refractivity contribution in [2.24, 2.45) is 5.92 Å². The molecule has 1 fully saturated rings. The zero-order valence-electron chi connectivity index (χ0n) is 14.4. The number of ether oxygens (including phenoxy) is 1. The maximum Gasteiger partial charge on any atom is 0.159 e. The summed E-state index contributed by atoms with van der Waals surface area (Å²) in [6.07, 6.45) is 5.74. The van der Waals surface area contributed by atoms with Crippen LogP contribution in [0.15, 0.2) is 48.8 Å². The zero-order valence-corrected chi connectivity index (χ0v) is 14.4. The first kappa shape index (κ1) is 15.8. The molecule has 0 amide bonds. The predicted molar refractivity (Wildman–Crippen MR) is 98.9 cm³/mol. The lowest BCUT2D eigenvalue weighted by atomic mass is 9.97. The molecule has 5 nitrogen and oxygen atoms in total. The second kappa shape index (κ2) is 7.05. The molecule has 128 valence electrons. The van der Waals surface area contributed by atoms with Crippen LogP contribution in [0.25, 0.3) is 10.8 Å². The van der Waals surface area contributed by atoms with E-state index in [1.165, 1.54) is 10.8 Å². The first-order valence-electron chi connectivity index (χ1n) is 8.81. The van der Waals surface area contributed by atoms with Crippen LogP contribution in [0, 0.1) is 12.8 Å². The molecule has 3 aromatic rings. The van der Waals surface area contributed by atoms with Gasteiger partial charge in [-0.3, -0.25) is 4.98 Å². The Kier molecular flexibility index (Phi) is 4.46. The molecule has 5 heteroatoms. The van der Waals surface area contributed by atoms with E-state index in [0.717, 1.165) is 49.8 Å². The van der Waals surface area contributed by atoms with Crippen LogP contribution in [0.1, 0.15) is 18.5 Å². The van der Waals surface area contributed by atoms with Crippen molar-refractivity contribution in [1.29, 1.82) is 0 Å². The molecule has 2 aromatic heterocycles. The summed E-state index contributed by atoms with van der Waals surface area (Å²) >= 11 is 0. The van der Waals surface area contributed by atoms with E-state index in [9.17, 15) is 0 Å². The van der Waals surface area contributed by atoms with Gasteiger partial charge in [0.1, 0.15) is 5.75 Å². The number of anilines is 1. The number of rotatable bonds is 4. The van der Waals surface area contributed by atoms with Crippen molar-refractivity contribution >= 4 is 16.6 Å². The van der Waals surface area contributed by atoms with Crippen molar-refractivity contribution < 1.29 is 4.74 Å². The molecule has 0 spiro atoms. The Hall–Kier alpha value is -2.69. The number of hydrogen-bond donors (Lipinski definition) is 0. The Morgan fingerprint density at radius 2 is 1.72 bits per heavy atom. The number of aryl methyl sites for hydroxylation is 1. The summed E-state index contributed by atoms with van der Waals surface area (Å²) in [6.45, 7) is 4.76. The van der Waals surface area contributed by atoms with E-state index < -0.39 is 0 Å². The van der Waals surface area contributed by atoms with Crippen LogP contribution in [0.5, 0.6) is 5.75 Å². The first-order valence-corrected chi connectivity index (χ1v) is 8.81. The van der Waals surface area contributed by atoms with Gasteiger partial charge < -0.3 is 9.64 Å². The highest BCUT2D eigenvalue weighted by Gasteiger charge is 2.22. The highest BCUT2D eigenvalue weighted by atomic mass is 16.5. The van der Waals surface area contributed by atoms with Crippen molar-refractivity contribution in [1.82, 2.24) is 15.2 Å². The summed E-state index contributed by atoms with van der Waals surface area (Å²) in [6, 6.07) is 12.2. The fraction of sp³-hybridized carbons (Fsp3) is 0.350. The summed E-state index contributed by atoms with van der Waals surface area (Å²) in [4.78, 5) is 6.37. The van der Waals surface area contributed by atoms with Crippen LogP contribution < -0.4 is 9.64 Å². The van der Waals surface area contributed by atoms with Gasteiger partial charge in [-0.05, 0) is 37.8 Å². The Labute approximate surface area is 147 Å². The third kappa shape index (κ3) is 3.40. The van der Waals surface area contributed by atoms with E-state index in [2.05, 4.69) is 44.3 Å². The third-order valence-corrected chi connectivity index (χ3v) is 4.90. The number of fused-ring (bicyclic) bond motifs is 1. The van der Waals surface area contributed by atoms with E-state index in [-0.39, 0.29) is 0 Å². The minimum atomic E-state index is 0.578. The number of benzene rings is 1. The van der Waals surface area contributed by atoms with Crippen molar-refractivity contribution in [3.8, 4) is 5.75 Å². The maximum absolute atomic E-state index is 5.89. The zero-order chi connectivity index (χ0) is 17.1. The number of pyridine rings is 1. The molecule has 0 bridgehead atoms. The van der Waals surface area contributed by atoms with Gasteiger partial charge in [0.15, 0.2) is 5.82 Å². The van der Waals surface area contributed by atoms with Gasteiger partial charge in [0, 0.05) is 36.3 Å². The summed E-state index contributed by atoms with van der Waals surface area (Å²) in [5.41, 5.74) is 0.986. The lowest BCUT2D eigenvalue weighted by molar-refractivity contribution is 0.222. The van der Waals surface area contributed by atoms with Gasteiger partial charge in [0.05, 0.1) is 12.3 Å². The molecular formula is C20H22N4O. The molecule has 0 radical (unpaired) electrons. The predicted octanol–water partition coefficient (Wildman–Crippen LogP) is 3.63. The number of hydrogen-bond acceptors (Lipinski definition) is 5. The molecule has 0 saturated carbocycles. The monoisotopic (exact) mass is 334 g/mol. The van der Waals surface area contributed by atoms with E-state index in [4.69, 9.17) is 4.74 Å². The molecule has 1 saturated heterocycles. The molecule has 1 aliphatic heterocycles. The molecule has 3 heterocycles. The van der Waals surface area contributed by atoms with Crippen LogP contribution in [0.2, 0.25) is 0 Å². The van der Waals surface area contributed by atoms with Crippen molar-refractivity contribution in [2.75, 3.05) is 24.6 Å². The van der Waals surface area contributed by atoms with E-state index in [0.29, 0.717) is 5.92 Å². The van der Waals surface area contributed by atoms with Crippen molar-refractivity contribution in [3.05, 3.63) is 54.5 Å². The summed E-state index contributed by atoms with van der Waals surface area (Å²) in [5, 5.41) is 11.2. The van der Waals surface area contributed by atoms with Crippen LogP contribution in [-0.2, 0) is 0 Å². The van der Waals surface area contributed by atoms with Crippen LogP contribution in [0.3, 0.4) is 0 Å². The Balaban J connectivity index is 1.41. The summed E-state index contributed by atoms with van der Waals surface area (Å²) in [7, 11) is 0. The lowest BCUT2D eigenvalue weighted by Crippen LogP contribution is -2.36. The van der Waals surface area contributed by atoms with Crippen molar-refractivity contribution in [2.45, 2.75) is 19.8 Å². The smallest absolute Gasteiger partial charge is 0.159 e. The molecule has 0 aliphatic carbocycles. The molecular weight excluding hydrogens is 312 g/mol. The van der Waals surface area contributed by atoms with Gasteiger partial charge >= 0.3 is 0 Å². The lowest BCUT2D eigenvalue weighted by Gasteiger charge is -2.33. The number of aromatic nitrogens is 3. The number of nitrogens with zero attached hydrogens (tertiary/aromatic N) is 4. The molecule has 1 aromatic carbocycles. The average Bonchev–Trinajstić information content (AvgIpc) is 2.68. The SMILES string of the molecule is Cc1nnc(N2CCC(COc3ccncc3)CC2)c2ccccc12. The minimum Gasteiger partial charge on any atom is -0.493 e. The highest BCUT2D eigenvalue weighted by molar-refractivity contribution is 5.93. The Morgan fingerprint density at radius 1 is 1.00 bits per heavy atom. The third-order valence-electron chi connectivity index (χ3n) is 4.90. The standard InChI is InChI=1S/C20H22N4O/c1-15-18-4-2-3-5-19(18)20(23-22-15)24-12-8-16(9-13-24)14-25-17-6-10-21-11-7-17/h2-7,10-11,16H,8-9,12-14H2,1H3. The van der Waals surface area contributed by atoms with E-state index in [1.807, 2.05) is 19.1 Å². The van der Waals surface area contributed by atoms with Crippen LogP contribution in [0.4, 0.5) is 5.82 Å². The molecule has 1 aliphatic rings. The number of piperidine rings is 1. The fourth-order valence-corrected chi connectivity index (χ4v) is 3.42. The minimum absolute atomic E-state index is 0.578. The fourth-order valence-electron chi connectivity index (χ4n) is 3.42. The topological polar surface area (TPSA) is 51.1 Å². The van der Waals surface area contributed by atoms with Gasteiger partial charge in [0.2, 0.25) is 0 Å². The average molecular weight is 334 g/mol. The summed E-state index contributed by atoms with van der Waals surface area (Å²) < 4.78 is 5.89. The van der Waals surface area contributed by atoms with E-state index >= 15 is 0 Å². The first-order chi connectivity index (χ1) is 12.3. The molecule has 0 N–H and O–H groups in total. The highest BCUT2D eigenvalue weighted by Crippen LogP contribution is 2.29. The van der Waals surface area contributed by atoms with Crippen LogP contribution >= 0.6 is 0 Å². The second-order valence-electron chi connectivity index (χ2n) is 6.58. The van der Waals surface area contributed by atoms with Crippen molar-refractivity contribution in [3.63, 3.8) is 0 Å². The van der Waals surface area contributed by atoms with Gasteiger partial charge in [-0.2, -0.15) is 5.10 Å². The quantitative estimate of drug-likeness (QED) is 0.729. The molecule has 4 rings (SSSR count). The Bertz CT molecular complexity index is 845. The van der Waals surface area contributed by atoms with Crippen LogP contribution in [-0.4, -0.2) is 34.9 Å². The molecule has 25 heavy (non-hydrogen) atoms. The molecule has 0 atom stereocenters. The molecule has 0 unspecified atom stereocenters. The van der Waals surface area contributed by atoms with Gasteiger partial charge in [-0.15, -0.1) is 5.10 Å². The second-order valence-corrected chi connectivity index (χ2v) is 6.58. The largest absolute Gasteiger partial charge is 0.493 e. The van der Waals surface area contributed by atoms with Gasteiger partial charge in [-0.1, -0.05) is 24.3 Å². The summed E-state index contributed by atoms with van der Waals surface area (Å²) in [5.74, 6) is 2.48. The Morgan fingerprint density at radius 3 is 2.48 bits per heavy atom. The van der Waals surface area contributed by atoms with Gasteiger partial charge in [0.25, 0.3) is 0 Å². The normalized spacial score (nSPS) is 15.5.